The van der Waals surface area contributed by atoms with Gasteiger partial charge < -0.3 is 9.64 Å². The van der Waals surface area contributed by atoms with Gasteiger partial charge in [-0.25, -0.2) is 0 Å². The minimum atomic E-state index is -0.607. The van der Waals surface area contributed by atoms with Gasteiger partial charge in [0.2, 0.25) is 11.8 Å². The van der Waals surface area contributed by atoms with Crippen LogP contribution >= 0.6 is 0 Å². The molecule has 3 heterocycles. The molecule has 1 aliphatic carbocycles. The molecule has 0 radical (unpaired) electrons. The van der Waals surface area contributed by atoms with Crippen molar-refractivity contribution in [1.82, 2.24) is 15.1 Å². The average molecular weight is 451 g/mol. The third-order valence-corrected chi connectivity index (χ3v) is 7.84. The monoisotopic (exact) mass is 450 g/mol. The van der Waals surface area contributed by atoms with Crippen molar-refractivity contribution in [2.45, 2.75) is 76.6 Å². The van der Waals surface area contributed by atoms with Crippen molar-refractivity contribution in [2.24, 2.45) is 5.41 Å². The highest BCUT2D eigenvalue weighted by Crippen LogP contribution is 2.36. The molecule has 5 rings (SSSR count). The Labute approximate surface area is 193 Å². The number of nitrogens with one attached hydrogen (secondary N) is 1. The second-order valence-electron chi connectivity index (χ2n) is 10.1. The van der Waals surface area contributed by atoms with Crippen LogP contribution in [0.25, 0.3) is 0 Å². The number of benzene rings is 1. The number of hydrogen-bond donors (Lipinski definition) is 1. The zero-order valence-corrected chi connectivity index (χ0v) is 19.0. The molecule has 4 aliphatic rings. The Hall–Kier alpha value is -2.92. The van der Waals surface area contributed by atoms with Crippen molar-refractivity contribution in [2.75, 3.05) is 13.1 Å². The summed E-state index contributed by atoms with van der Waals surface area (Å²) in [6, 6.07) is 7.79. The molecule has 0 bridgehead atoms. The molecule has 3 unspecified atom stereocenters. The lowest BCUT2D eigenvalue weighted by Crippen LogP contribution is -2.52. The average Bonchev–Trinajstić information content (AvgIpc) is 3.39. The number of fused-ring (bicyclic) bond motifs is 1. The summed E-state index contributed by atoms with van der Waals surface area (Å²) in [5, 5.41) is 11.8. The number of piperidine rings is 2. The molecule has 3 aliphatic heterocycles. The fourth-order valence-corrected chi connectivity index (χ4v) is 5.72. The summed E-state index contributed by atoms with van der Waals surface area (Å²) in [5.41, 5.74) is 1.24. The van der Waals surface area contributed by atoms with Gasteiger partial charge in [-0.15, -0.1) is 0 Å². The van der Waals surface area contributed by atoms with Gasteiger partial charge in [0.25, 0.3) is 5.91 Å². The summed E-state index contributed by atoms with van der Waals surface area (Å²) in [6.07, 6.45) is 5.70. The number of carbonyl (C=O) groups excluding carboxylic acids is 3. The Morgan fingerprint density at radius 2 is 1.94 bits per heavy atom. The highest BCUT2D eigenvalue weighted by atomic mass is 16.5. The van der Waals surface area contributed by atoms with Gasteiger partial charge in [0.15, 0.2) is 0 Å². The molecule has 3 amide bonds. The highest BCUT2D eigenvalue weighted by molar-refractivity contribution is 6.05. The molecule has 33 heavy (non-hydrogen) atoms. The molecule has 8 heteroatoms. The van der Waals surface area contributed by atoms with Crippen LogP contribution in [-0.2, 0) is 16.1 Å². The fraction of sp³-hybridized carbons (Fsp3) is 0.600. The van der Waals surface area contributed by atoms with E-state index in [2.05, 4.69) is 23.2 Å². The zero-order chi connectivity index (χ0) is 23.2. The third kappa shape index (κ3) is 4.10. The highest BCUT2D eigenvalue weighted by Gasteiger charge is 2.41. The Morgan fingerprint density at radius 1 is 1.15 bits per heavy atom. The molecule has 1 aromatic carbocycles. The van der Waals surface area contributed by atoms with E-state index in [-0.39, 0.29) is 29.8 Å². The largest absolute Gasteiger partial charge is 0.489 e. The first-order chi connectivity index (χ1) is 15.9. The first kappa shape index (κ1) is 21.9. The van der Waals surface area contributed by atoms with Gasteiger partial charge in [-0.2, -0.15) is 5.26 Å². The number of rotatable bonds is 4. The standard InChI is InChI=1S/C25H30N4O4/c1-25(15-26)9-11-28(12-10-25)19-3-2-4-21(19)33-17-5-6-18-16(13-17)14-29(24(18)32)20-7-8-22(30)27-23(20)31/h5-6,13,19-21H,2-4,7-12,14H2,1H3,(H,27,30,31). The number of amides is 3. The maximum atomic E-state index is 12.9. The second-order valence-corrected chi connectivity index (χ2v) is 10.1. The summed E-state index contributed by atoms with van der Waals surface area (Å²) in [6.45, 7) is 4.25. The van der Waals surface area contributed by atoms with Crippen LogP contribution in [-0.4, -0.2) is 58.8 Å². The number of ether oxygens (including phenoxy) is 1. The van der Waals surface area contributed by atoms with Crippen molar-refractivity contribution in [3.63, 3.8) is 0 Å². The van der Waals surface area contributed by atoms with Crippen molar-refractivity contribution >= 4 is 17.7 Å². The number of carbonyl (C=O) groups is 3. The van der Waals surface area contributed by atoms with E-state index >= 15 is 0 Å². The molecule has 3 atom stereocenters. The molecule has 1 aromatic rings. The molecular formula is C25H30N4O4. The fourth-order valence-electron chi connectivity index (χ4n) is 5.72. The quantitative estimate of drug-likeness (QED) is 0.707. The van der Waals surface area contributed by atoms with E-state index in [9.17, 15) is 19.6 Å². The van der Waals surface area contributed by atoms with Crippen molar-refractivity contribution in [3.8, 4) is 11.8 Å². The predicted molar refractivity (Wildman–Crippen MR) is 119 cm³/mol. The number of nitrogens with zero attached hydrogens (tertiary/aromatic N) is 3. The summed E-state index contributed by atoms with van der Waals surface area (Å²) >= 11 is 0. The van der Waals surface area contributed by atoms with Gasteiger partial charge in [-0.1, -0.05) is 0 Å². The summed E-state index contributed by atoms with van der Waals surface area (Å²) < 4.78 is 6.44. The first-order valence-corrected chi connectivity index (χ1v) is 12.0. The number of likely N-dealkylation sites (tertiary alicyclic amines) is 1. The van der Waals surface area contributed by atoms with Crippen LogP contribution in [0.15, 0.2) is 18.2 Å². The van der Waals surface area contributed by atoms with Gasteiger partial charge >= 0.3 is 0 Å². The van der Waals surface area contributed by atoms with E-state index < -0.39 is 11.9 Å². The second kappa shape index (κ2) is 8.45. The van der Waals surface area contributed by atoms with Crippen LogP contribution in [0.1, 0.15) is 67.8 Å². The minimum absolute atomic E-state index is 0.0952. The van der Waals surface area contributed by atoms with Crippen molar-refractivity contribution in [3.05, 3.63) is 29.3 Å². The van der Waals surface area contributed by atoms with Gasteiger partial charge in [0.05, 0.1) is 11.5 Å². The predicted octanol–water partition coefficient (Wildman–Crippen LogP) is 2.37. The number of imide groups is 1. The minimum Gasteiger partial charge on any atom is -0.489 e. The molecule has 174 valence electrons. The van der Waals surface area contributed by atoms with Crippen molar-refractivity contribution < 1.29 is 19.1 Å². The number of hydrogen-bond acceptors (Lipinski definition) is 6. The molecule has 8 nitrogen and oxygen atoms in total. The summed E-state index contributed by atoms with van der Waals surface area (Å²) in [4.78, 5) is 40.7. The normalized spacial score (nSPS) is 29.5. The Morgan fingerprint density at radius 3 is 2.67 bits per heavy atom. The van der Waals surface area contributed by atoms with E-state index in [1.165, 1.54) is 0 Å². The summed E-state index contributed by atoms with van der Waals surface area (Å²) in [7, 11) is 0. The van der Waals surface area contributed by atoms with Crippen molar-refractivity contribution in [1.29, 1.82) is 5.26 Å². The van der Waals surface area contributed by atoms with Gasteiger partial charge in [0.1, 0.15) is 17.9 Å². The van der Waals surface area contributed by atoms with Gasteiger partial charge in [-0.05, 0) is 69.2 Å². The zero-order valence-electron chi connectivity index (χ0n) is 19.0. The van der Waals surface area contributed by atoms with Gasteiger partial charge in [0, 0.05) is 37.7 Å². The van der Waals surface area contributed by atoms with E-state index in [0.717, 1.165) is 56.5 Å². The Kier molecular flexibility index (Phi) is 5.61. The molecule has 3 fully saturated rings. The molecule has 0 aromatic heterocycles. The third-order valence-electron chi connectivity index (χ3n) is 7.84. The van der Waals surface area contributed by atoms with Crippen LogP contribution in [0.3, 0.4) is 0 Å². The van der Waals surface area contributed by atoms with Crippen LogP contribution < -0.4 is 10.1 Å². The lowest BCUT2D eigenvalue weighted by molar-refractivity contribution is -0.136. The Balaban J connectivity index is 1.25. The van der Waals surface area contributed by atoms with E-state index in [0.29, 0.717) is 24.6 Å². The SMILES string of the molecule is CC1(C#N)CCN(C2CCCC2Oc2ccc3c(c2)CN(C2CCC(=O)NC2=O)C3=O)CC1. The lowest BCUT2D eigenvalue weighted by Gasteiger charge is -2.40. The molecular weight excluding hydrogens is 420 g/mol. The Bertz CT molecular complexity index is 1020. The van der Waals surface area contributed by atoms with E-state index in [1.54, 1.807) is 11.0 Å². The molecule has 1 saturated carbocycles. The summed E-state index contributed by atoms with van der Waals surface area (Å²) in [5.74, 6) is -0.0963. The van der Waals surface area contributed by atoms with Crippen LogP contribution in [0.2, 0.25) is 0 Å². The smallest absolute Gasteiger partial charge is 0.255 e. The molecule has 1 N–H and O–H groups in total. The maximum Gasteiger partial charge on any atom is 0.255 e. The number of nitriles is 1. The lowest BCUT2D eigenvalue weighted by atomic mass is 9.81. The maximum absolute atomic E-state index is 12.9. The van der Waals surface area contributed by atoms with E-state index in [4.69, 9.17) is 4.74 Å². The van der Waals surface area contributed by atoms with Gasteiger partial charge in [-0.3, -0.25) is 24.6 Å². The van der Waals surface area contributed by atoms with Crippen LogP contribution in [0.4, 0.5) is 0 Å². The van der Waals surface area contributed by atoms with Crippen LogP contribution in [0.5, 0.6) is 5.75 Å². The first-order valence-electron chi connectivity index (χ1n) is 12.0. The molecule has 2 saturated heterocycles. The van der Waals surface area contributed by atoms with Crippen LogP contribution in [0, 0.1) is 16.7 Å². The van der Waals surface area contributed by atoms with E-state index in [1.807, 2.05) is 12.1 Å². The molecule has 0 spiro atoms. The topological polar surface area (TPSA) is 103 Å².